The maximum absolute atomic E-state index is 12.5. The Labute approximate surface area is 131 Å². The number of carbonyl (C=O) groups excluding carboxylic acids is 1. The first kappa shape index (κ1) is 18.1. The van der Waals surface area contributed by atoms with Crippen molar-refractivity contribution in [3.8, 4) is 0 Å². The van der Waals surface area contributed by atoms with Crippen molar-refractivity contribution >= 4 is 25.3 Å². The fourth-order valence-corrected chi connectivity index (χ4v) is 2.66. The first-order valence-electron chi connectivity index (χ1n) is 8.36. The third-order valence-electron chi connectivity index (χ3n) is 4.08. The van der Waals surface area contributed by atoms with Gasteiger partial charge in [0.1, 0.15) is 0 Å². The molecule has 0 fully saturated rings. The molecular weight excluding hydrogens is 258 g/mol. The van der Waals surface area contributed by atoms with Crippen molar-refractivity contribution in [2.24, 2.45) is 10.4 Å². The SMILES string of the molecule is CCCB(CCC)C(=O)NC1C=C(C(C)(C)C)N=CB1C. The summed E-state index contributed by atoms with van der Waals surface area (Å²) >= 11 is 0. The first-order valence-corrected chi connectivity index (χ1v) is 8.36. The van der Waals surface area contributed by atoms with Crippen molar-refractivity contribution in [3.63, 3.8) is 0 Å². The fourth-order valence-electron chi connectivity index (χ4n) is 2.66. The predicted molar refractivity (Wildman–Crippen MR) is 95.9 cm³/mol. The molecule has 0 aliphatic carbocycles. The molecule has 1 amide bonds. The molecule has 116 valence electrons. The number of rotatable bonds is 6. The van der Waals surface area contributed by atoms with Gasteiger partial charge in [-0.1, -0.05) is 66.9 Å². The van der Waals surface area contributed by atoms with Gasteiger partial charge in [0.25, 0.3) is 6.71 Å². The zero-order valence-corrected chi connectivity index (χ0v) is 14.6. The standard InChI is InChI=1S/C16H30B2N2O/c1-7-9-18(10-8-2)15(21)20-14-11-13(16(3,4)5)19-12-17(14)6/h11-12,14H,7-10H2,1-6H3,(H,20,21). The molecule has 3 nitrogen and oxygen atoms in total. The highest BCUT2D eigenvalue weighted by Crippen LogP contribution is 2.28. The van der Waals surface area contributed by atoms with Crippen molar-refractivity contribution < 1.29 is 4.79 Å². The third kappa shape index (κ3) is 5.37. The van der Waals surface area contributed by atoms with E-state index in [0.717, 1.165) is 31.2 Å². The van der Waals surface area contributed by atoms with Crippen LogP contribution in [0.1, 0.15) is 47.5 Å². The van der Waals surface area contributed by atoms with E-state index in [1.165, 1.54) is 0 Å². The van der Waals surface area contributed by atoms with Gasteiger partial charge in [-0.15, -0.1) is 0 Å². The van der Waals surface area contributed by atoms with Gasteiger partial charge in [0.15, 0.2) is 5.81 Å². The molecule has 1 rings (SSSR count). The van der Waals surface area contributed by atoms with Crippen molar-refractivity contribution in [3.05, 3.63) is 11.8 Å². The van der Waals surface area contributed by atoms with Crippen molar-refractivity contribution in [1.29, 1.82) is 0 Å². The Kier molecular flexibility index (Phi) is 6.76. The number of aliphatic imine (C=N–C) groups is 1. The van der Waals surface area contributed by atoms with Crippen LogP contribution in [0.5, 0.6) is 0 Å². The van der Waals surface area contributed by atoms with E-state index < -0.39 is 0 Å². The van der Waals surface area contributed by atoms with Crippen LogP contribution in [0, 0.1) is 5.41 Å². The topological polar surface area (TPSA) is 41.5 Å². The molecule has 0 aromatic carbocycles. The van der Waals surface area contributed by atoms with Crippen LogP contribution in [0.25, 0.3) is 0 Å². The Hall–Kier alpha value is -0.990. The van der Waals surface area contributed by atoms with E-state index in [9.17, 15) is 4.79 Å². The van der Waals surface area contributed by atoms with Gasteiger partial charge in [-0.25, -0.2) is 0 Å². The minimum Gasteiger partial charge on any atom is -0.365 e. The Balaban J connectivity index is 2.77. The summed E-state index contributed by atoms with van der Waals surface area (Å²) in [4.78, 5) is 17.0. The monoisotopic (exact) mass is 288 g/mol. The molecule has 0 aromatic heterocycles. The van der Waals surface area contributed by atoms with Gasteiger partial charge in [0.05, 0.1) is 0 Å². The summed E-state index contributed by atoms with van der Waals surface area (Å²) in [6.07, 6.45) is 8.18. The van der Waals surface area contributed by atoms with Crippen LogP contribution < -0.4 is 5.32 Å². The Morgan fingerprint density at radius 2 is 1.90 bits per heavy atom. The largest absolute Gasteiger partial charge is 0.365 e. The van der Waals surface area contributed by atoms with Crippen molar-refractivity contribution in [2.45, 2.75) is 72.9 Å². The van der Waals surface area contributed by atoms with Crippen LogP contribution in [0.2, 0.25) is 19.5 Å². The summed E-state index contributed by atoms with van der Waals surface area (Å²) in [6, 6.07) is 0. The molecule has 5 heteroatoms. The lowest BCUT2D eigenvalue weighted by Crippen LogP contribution is -2.50. The second kappa shape index (κ2) is 7.86. The van der Waals surface area contributed by atoms with Gasteiger partial charge in [-0.3, -0.25) is 9.79 Å². The average molecular weight is 288 g/mol. The fraction of sp³-hybridized carbons (Fsp3) is 0.750. The smallest absolute Gasteiger partial charge is 0.251 e. The van der Waals surface area contributed by atoms with Crippen LogP contribution in [-0.2, 0) is 0 Å². The molecule has 1 aliphatic rings. The molecule has 1 unspecified atom stereocenters. The Bertz CT molecular complexity index is 407. The van der Waals surface area contributed by atoms with Crippen LogP contribution >= 0.6 is 0 Å². The molecule has 1 aliphatic heterocycles. The van der Waals surface area contributed by atoms with Gasteiger partial charge in [-0.05, 0) is 12.2 Å². The predicted octanol–water partition coefficient (Wildman–Crippen LogP) is 4.18. The molecule has 1 heterocycles. The lowest BCUT2D eigenvalue weighted by Gasteiger charge is -2.28. The zero-order chi connectivity index (χ0) is 16.0. The second-order valence-electron chi connectivity index (χ2n) is 7.25. The number of carbonyl (C=O) groups is 1. The molecule has 0 radical (unpaired) electrons. The van der Waals surface area contributed by atoms with E-state index in [-0.39, 0.29) is 30.6 Å². The van der Waals surface area contributed by atoms with E-state index in [1.54, 1.807) is 0 Å². The lowest BCUT2D eigenvalue weighted by atomic mass is 9.41. The lowest BCUT2D eigenvalue weighted by molar-refractivity contribution is 0.258. The minimum absolute atomic E-state index is 0.0197. The summed E-state index contributed by atoms with van der Waals surface area (Å²) in [7, 11) is 0. The maximum Gasteiger partial charge on any atom is 0.251 e. The molecule has 0 saturated heterocycles. The summed E-state index contributed by atoms with van der Waals surface area (Å²) in [6.45, 7) is 13.3. The molecule has 0 bridgehead atoms. The summed E-state index contributed by atoms with van der Waals surface area (Å²) in [5.41, 5.74) is 1.08. The van der Waals surface area contributed by atoms with Gasteiger partial charge in [0, 0.05) is 17.1 Å². The van der Waals surface area contributed by atoms with E-state index in [1.807, 2.05) is 6.11 Å². The van der Waals surface area contributed by atoms with Gasteiger partial charge < -0.3 is 5.32 Å². The van der Waals surface area contributed by atoms with Gasteiger partial charge >= 0.3 is 0 Å². The summed E-state index contributed by atoms with van der Waals surface area (Å²) < 4.78 is 0. The van der Waals surface area contributed by atoms with Gasteiger partial charge in [0.2, 0.25) is 6.71 Å². The molecule has 1 atom stereocenters. The number of nitrogens with one attached hydrogen (secondary N) is 1. The highest BCUT2D eigenvalue weighted by atomic mass is 16.1. The zero-order valence-electron chi connectivity index (χ0n) is 14.6. The van der Waals surface area contributed by atoms with Crippen molar-refractivity contribution in [1.82, 2.24) is 5.32 Å². The molecule has 1 N–H and O–H groups in total. The highest BCUT2D eigenvalue weighted by Gasteiger charge is 2.30. The molecule has 0 aromatic rings. The van der Waals surface area contributed by atoms with Crippen LogP contribution in [0.4, 0.5) is 4.79 Å². The number of amides is 1. The number of allylic oxidation sites excluding steroid dienone is 1. The van der Waals surface area contributed by atoms with Crippen LogP contribution in [0.15, 0.2) is 16.8 Å². The maximum atomic E-state index is 12.5. The minimum atomic E-state index is 0.0197. The number of hydrogen-bond acceptors (Lipinski definition) is 2. The number of nitrogens with zero attached hydrogens (tertiary/aromatic N) is 1. The van der Waals surface area contributed by atoms with Crippen LogP contribution in [0.3, 0.4) is 0 Å². The Morgan fingerprint density at radius 1 is 1.33 bits per heavy atom. The van der Waals surface area contributed by atoms with Crippen molar-refractivity contribution in [2.75, 3.05) is 0 Å². The Morgan fingerprint density at radius 3 is 2.38 bits per heavy atom. The van der Waals surface area contributed by atoms with Gasteiger partial charge in [-0.2, -0.15) is 0 Å². The number of hydrogen-bond donors (Lipinski definition) is 1. The first-order chi connectivity index (χ1) is 9.79. The van der Waals surface area contributed by atoms with E-state index in [2.05, 4.69) is 57.8 Å². The molecule has 21 heavy (non-hydrogen) atoms. The van der Waals surface area contributed by atoms with Crippen LogP contribution in [-0.4, -0.2) is 31.3 Å². The molecule has 0 spiro atoms. The van der Waals surface area contributed by atoms with E-state index >= 15 is 0 Å². The second-order valence-corrected chi connectivity index (χ2v) is 7.25. The normalized spacial score (nSPS) is 18.5. The summed E-state index contributed by atoms with van der Waals surface area (Å²) in [5.74, 6) is 0.274. The quantitative estimate of drug-likeness (QED) is 0.732. The molecule has 0 saturated carbocycles. The highest BCUT2D eigenvalue weighted by molar-refractivity contribution is 6.91. The van der Waals surface area contributed by atoms with E-state index in [0.29, 0.717) is 0 Å². The summed E-state index contributed by atoms with van der Waals surface area (Å²) in [5, 5.41) is 3.23. The van der Waals surface area contributed by atoms with E-state index in [4.69, 9.17) is 0 Å². The third-order valence-corrected chi connectivity index (χ3v) is 4.08. The molecular formula is C16H30B2N2O. The average Bonchev–Trinajstić information content (AvgIpc) is 2.39.